The number of hydrogen-bond acceptors (Lipinski definition) is 7. The topological polar surface area (TPSA) is 84.7 Å². The van der Waals surface area contributed by atoms with E-state index in [0.29, 0.717) is 36.5 Å². The van der Waals surface area contributed by atoms with Crippen molar-refractivity contribution in [3.63, 3.8) is 0 Å². The van der Waals surface area contributed by atoms with E-state index < -0.39 is 12.2 Å². The Labute approximate surface area is 159 Å². The van der Waals surface area contributed by atoms with Crippen molar-refractivity contribution in [1.29, 1.82) is 0 Å². The molecule has 8 nitrogen and oxygen atoms in total. The normalized spacial score (nSPS) is 23.8. The predicted molar refractivity (Wildman–Crippen MR) is 101 cm³/mol. The molecule has 0 aromatic carbocycles. The molecule has 2 aliphatic rings. The third-order valence-electron chi connectivity index (χ3n) is 5.37. The summed E-state index contributed by atoms with van der Waals surface area (Å²) in [5.74, 6) is 0.612. The van der Waals surface area contributed by atoms with Crippen LogP contribution in [0.1, 0.15) is 18.0 Å². The lowest BCUT2D eigenvalue weighted by Crippen LogP contribution is -2.54. The van der Waals surface area contributed by atoms with Crippen molar-refractivity contribution in [3.05, 3.63) is 35.6 Å². The molecule has 1 N–H and O–H groups in total. The monoisotopic (exact) mass is 386 g/mol. The van der Waals surface area contributed by atoms with Gasteiger partial charge in [-0.2, -0.15) is 0 Å². The fourth-order valence-corrected chi connectivity index (χ4v) is 4.16. The first kappa shape index (κ1) is 16.4. The molecule has 5 rings (SSSR count). The standard InChI is InChI=1S/C17H16ClFN8/c1-2-10-3-12-16(20-6-10)27(25-22-12)11-5-17(8-19)9-21-15-13(26(17)7-11)4-14(18)23-24-15/h2-4,6,11H,1,5,7-9H2,(H,21,24)/t11-,17+/m1/s1. The number of nitrogens with zero attached hydrogens (tertiary/aromatic N) is 7. The smallest absolute Gasteiger partial charge is 0.178 e. The van der Waals surface area contributed by atoms with Crippen molar-refractivity contribution in [3.8, 4) is 0 Å². The Balaban J connectivity index is 1.57. The summed E-state index contributed by atoms with van der Waals surface area (Å²) in [6.45, 7) is 4.24. The van der Waals surface area contributed by atoms with Gasteiger partial charge in [0.15, 0.2) is 16.6 Å². The molecule has 0 aliphatic carbocycles. The van der Waals surface area contributed by atoms with Gasteiger partial charge >= 0.3 is 0 Å². The second-order valence-electron chi connectivity index (χ2n) is 6.93. The first-order chi connectivity index (χ1) is 13.1. The maximum absolute atomic E-state index is 14.2. The molecule has 3 aromatic rings. The zero-order valence-electron chi connectivity index (χ0n) is 14.3. The van der Waals surface area contributed by atoms with E-state index >= 15 is 0 Å². The van der Waals surface area contributed by atoms with Crippen molar-refractivity contribution in [1.82, 2.24) is 30.2 Å². The maximum atomic E-state index is 14.2. The minimum atomic E-state index is -0.691. The Bertz CT molecular complexity index is 1050. The van der Waals surface area contributed by atoms with Gasteiger partial charge in [-0.3, -0.25) is 0 Å². The second kappa shape index (κ2) is 5.85. The highest BCUT2D eigenvalue weighted by molar-refractivity contribution is 6.29. The van der Waals surface area contributed by atoms with Crippen LogP contribution in [0.15, 0.2) is 24.9 Å². The molecule has 0 unspecified atom stereocenters. The molecule has 10 heteroatoms. The summed E-state index contributed by atoms with van der Waals surface area (Å²) in [5.41, 5.74) is 2.32. The average molecular weight is 387 g/mol. The summed E-state index contributed by atoms with van der Waals surface area (Å²) in [6, 6.07) is 3.53. The molecule has 0 amide bonds. The van der Waals surface area contributed by atoms with Crippen LogP contribution in [0.25, 0.3) is 17.2 Å². The van der Waals surface area contributed by atoms with E-state index in [4.69, 9.17) is 11.6 Å². The van der Waals surface area contributed by atoms with Crippen molar-refractivity contribution in [2.45, 2.75) is 18.0 Å². The predicted octanol–water partition coefficient (Wildman–Crippen LogP) is 2.50. The number of alkyl halides is 1. The molecule has 0 radical (unpaired) electrons. The number of halogens is 2. The van der Waals surface area contributed by atoms with Gasteiger partial charge in [0.05, 0.1) is 17.3 Å². The van der Waals surface area contributed by atoms with Crippen molar-refractivity contribution in [2.24, 2.45) is 0 Å². The molecule has 1 saturated heterocycles. The van der Waals surface area contributed by atoms with E-state index in [0.717, 1.165) is 11.3 Å². The molecule has 2 aliphatic heterocycles. The molecular formula is C17H16ClFN8. The summed E-state index contributed by atoms with van der Waals surface area (Å²) in [7, 11) is 0. The number of nitrogens with one attached hydrogen (secondary N) is 1. The van der Waals surface area contributed by atoms with E-state index in [1.807, 2.05) is 11.0 Å². The van der Waals surface area contributed by atoms with Gasteiger partial charge in [-0.05, 0) is 18.1 Å². The fraction of sp³-hybridized carbons (Fsp3) is 0.353. The molecule has 2 atom stereocenters. The van der Waals surface area contributed by atoms with Gasteiger partial charge < -0.3 is 10.2 Å². The summed E-state index contributed by atoms with van der Waals surface area (Å²) >= 11 is 6.03. The van der Waals surface area contributed by atoms with E-state index in [9.17, 15) is 4.39 Å². The lowest BCUT2D eigenvalue weighted by molar-refractivity contribution is 0.301. The molecule has 27 heavy (non-hydrogen) atoms. The van der Waals surface area contributed by atoms with E-state index in [-0.39, 0.29) is 11.2 Å². The van der Waals surface area contributed by atoms with E-state index in [1.54, 1.807) is 23.0 Å². The van der Waals surface area contributed by atoms with Crippen LogP contribution in [-0.4, -0.2) is 55.5 Å². The summed E-state index contributed by atoms with van der Waals surface area (Å²) in [5, 5.41) is 19.9. The van der Waals surface area contributed by atoms with Crippen LogP contribution in [-0.2, 0) is 0 Å². The van der Waals surface area contributed by atoms with E-state index in [2.05, 4.69) is 37.4 Å². The third-order valence-corrected chi connectivity index (χ3v) is 5.55. The Morgan fingerprint density at radius 1 is 1.37 bits per heavy atom. The van der Waals surface area contributed by atoms with Crippen LogP contribution in [0.2, 0.25) is 5.15 Å². The number of fused-ring (bicyclic) bond motifs is 4. The largest absolute Gasteiger partial charge is 0.364 e. The third kappa shape index (κ3) is 2.38. The zero-order chi connectivity index (χ0) is 18.6. The number of anilines is 2. The summed E-state index contributed by atoms with van der Waals surface area (Å²) in [4.78, 5) is 6.50. The van der Waals surface area contributed by atoms with Crippen LogP contribution in [0.3, 0.4) is 0 Å². The maximum Gasteiger partial charge on any atom is 0.178 e. The van der Waals surface area contributed by atoms with Gasteiger partial charge in [-0.1, -0.05) is 29.5 Å². The van der Waals surface area contributed by atoms with Crippen molar-refractivity contribution >= 4 is 40.3 Å². The molecule has 138 valence electrons. The average Bonchev–Trinajstić information content (AvgIpc) is 3.29. The highest BCUT2D eigenvalue weighted by Crippen LogP contribution is 2.45. The van der Waals surface area contributed by atoms with Crippen molar-refractivity contribution in [2.75, 3.05) is 30.0 Å². The molecule has 3 aromatic heterocycles. The first-order valence-corrected chi connectivity index (χ1v) is 8.95. The Kier molecular flexibility index (Phi) is 3.55. The lowest BCUT2D eigenvalue weighted by Gasteiger charge is -2.42. The van der Waals surface area contributed by atoms with Gasteiger partial charge in [0, 0.05) is 25.4 Å². The second-order valence-corrected chi connectivity index (χ2v) is 7.32. The molecule has 1 fully saturated rings. The highest BCUT2D eigenvalue weighted by Gasteiger charge is 2.50. The Hall–Kier alpha value is -2.81. The van der Waals surface area contributed by atoms with Crippen LogP contribution >= 0.6 is 11.6 Å². The minimum absolute atomic E-state index is 0.0764. The first-order valence-electron chi connectivity index (χ1n) is 8.58. The van der Waals surface area contributed by atoms with Gasteiger partial charge in [0.1, 0.15) is 12.2 Å². The van der Waals surface area contributed by atoms with Crippen LogP contribution in [0.4, 0.5) is 15.9 Å². The number of rotatable bonds is 3. The van der Waals surface area contributed by atoms with Crippen molar-refractivity contribution < 1.29 is 4.39 Å². The SMILES string of the molecule is C=Cc1cnc2c(c1)nnn2[C@H]1CN2c3cc(Cl)nnc3NC[C@@]2(CF)C1. The highest BCUT2D eigenvalue weighted by atomic mass is 35.5. The number of hydrogen-bond donors (Lipinski definition) is 1. The molecule has 0 saturated carbocycles. The molecule has 0 bridgehead atoms. The molecule has 0 spiro atoms. The van der Waals surface area contributed by atoms with Crippen LogP contribution in [0, 0.1) is 0 Å². The zero-order valence-corrected chi connectivity index (χ0v) is 15.1. The molecule has 5 heterocycles. The lowest BCUT2D eigenvalue weighted by atomic mass is 9.94. The Morgan fingerprint density at radius 2 is 2.26 bits per heavy atom. The minimum Gasteiger partial charge on any atom is -0.364 e. The quantitative estimate of drug-likeness (QED) is 0.740. The number of aromatic nitrogens is 6. The number of pyridine rings is 1. The Morgan fingerprint density at radius 3 is 3.07 bits per heavy atom. The van der Waals surface area contributed by atoms with Gasteiger partial charge in [-0.15, -0.1) is 15.3 Å². The van der Waals surface area contributed by atoms with Crippen LogP contribution < -0.4 is 10.2 Å². The van der Waals surface area contributed by atoms with Crippen LogP contribution in [0.5, 0.6) is 0 Å². The van der Waals surface area contributed by atoms with Gasteiger partial charge in [-0.25, -0.2) is 14.1 Å². The molecular weight excluding hydrogens is 371 g/mol. The van der Waals surface area contributed by atoms with Gasteiger partial charge in [0.2, 0.25) is 0 Å². The summed E-state index contributed by atoms with van der Waals surface area (Å²) in [6.07, 6.45) is 4.01. The summed E-state index contributed by atoms with van der Waals surface area (Å²) < 4.78 is 16.0. The van der Waals surface area contributed by atoms with Gasteiger partial charge in [0.25, 0.3) is 0 Å². The fourth-order valence-electron chi connectivity index (χ4n) is 4.02. The van der Waals surface area contributed by atoms with E-state index in [1.165, 1.54) is 0 Å².